The number of aliphatic carboxylic acids is 1. The Kier molecular flexibility index (Phi) is 3.91. The van der Waals surface area contributed by atoms with E-state index in [4.69, 9.17) is 5.11 Å². The van der Waals surface area contributed by atoms with Crippen molar-refractivity contribution in [2.75, 3.05) is 26.2 Å². The number of carbonyl (C=O) groups is 2. The quantitative estimate of drug-likeness (QED) is 0.915. The van der Waals surface area contributed by atoms with Crippen molar-refractivity contribution in [1.29, 1.82) is 0 Å². The molecule has 2 saturated heterocycles. The number of nitrogens with zero attached hydrogens (tertiary/aromatic N) is 2. The molecule has 2 atom stereocenters. The number of carboxylic acid groups (broad SMARTS) is 1. The summed E-state index contributed by atoms with van der Waals surface area (Å²) in [6, 6.07) is 10.4. The van der Waals surface area contributed by atoms with Crippen LogP contribution in [0.25, 0.3) is 0 Å². The van der Waals surface area contributed by atoms with Crippen LogP contribution in [-0.2, 0) is 15.0 Å². The number of hydrogen-bond acceptors (Lipinski definition) is 3. The Morgan fingerprint density at radius 1 is 1.23 bits per heavy atom. The van der Waals surface area contributed by atoms with Gasteiger partial charge in [-0.05, 0) is 24.9 Å². The summed E-state index contributed by atoms with van der Waals surface area (Å²) in [5, 5.41) is 9.04. The Balaban J connectivity index is 1.92. The minimum absolute atomic E-state index is 0.0259. The SMILES string of the molecule is CC(=O)N1CC[C@]2(c3ccccc3)CCN(CC(=O)O)C[C@H]12. The molecule has 0 aliphatic carbocycles. The van der Waals surface area contributed by atoms with Gasteiger partial charge in [-0.15, -0.1) is 0 Å². The molecular formula is C17H22N2O3. The first-order valence-corrected chi connectivity index (χ1v) is 7.80. The number of fused-ring (bicyclic) bond motifs is 1. The number of amides is 1. The molecule has 0 bridgehead atoms. The van der Waals surface area contributed by atoms with Gasteiger partial charge in [0.25, 0.3) is 0 Å². The Bertz CT molecular complexity index is 575. The van der Waals surface area contributed by atoms with E-state index in [2.05, 4.69) is 12.1 Å². The number of benzene rings is 1. The molecule has 2 heterocycles. The van der Waals surface area contributed by atoms with E-state index in [0.29, 0.717) is 6.54 Å². The Morgan fingerprint density at radius 3 is 2.55 bits per heavy atom. The highest BCUT2D eigenvalue weighted by atomic mass is 16.4. The maximum Gasteiger partial charge on any atom is 0.317 e. The van der Waals surface area contributed by atoms with Crippen molar-refractivity contribution in [1.82, 2.24) is 9.80 Å². The van der Waals surface area contributed by atoms with Gasteiger partial charge in [-0.2, -0.15) is 0 Å². The highest BCUT2D eigenvalue weighted by Gasteiger charge is 2.51. The maximum atomic E-state index is 12.0. The van der Waals surface area contributed by atoms with Gasteiger partial charge in [0.05, 0.1) is 12.6 Å². The zero-order valence-electron chi connectivity index (χ0n) is 12.9. The largest absolute Gasteiger partial charge is 0.480 e. The van der Waals surface area contributed by atoms with E-state index in [1.807, 2.05) is 28.0 Å². The van der Waals surface area contributed by atoms with Crippen LogP contribution in [0, 0.1) is 0 Å². The summed E-state index contributed by atoms with van der Waals surface area (Å²) in [5.41, 5.74) is 1.25. The smallest absolute Gasteiger partial charge is 0.317 e. The lowest BCUT2D eigenvalue weighted by atomic mass is 9.69. The molecule has 0 radical (unpaired) electrons. The second-order valence-electron chi connectivity index (χ2n) is 6.38. The van der Waals surface area contributed by atoms with Gasteiger partial charge in [-0.25, -0.2) is 0 Å². The Morgan fingerprint density at radius 2 is 1.91 bits per heavy atom. The van der Waals surface area contributed by atoms with Gasteiger partial charge in [0.1, 0.15) is 0 Å². The molecule has 3 rings (SSSR count). The molecule has 2 fully saturated rings. The normalized spacial score (nSPS) is 28.4. The first-order valence-electron chi connectivity index (χ1n) is 7.80. The molecule has 1 aromatic rings. The standard InChI is InChI=1S/C17H22N2O3/c1-13(20)19-10-8-17(14-5-3-2-4-6-14)7-9-18(11-15(17)19)12-16(21)22/h2-6,15H,7-12H2,1H3,(H,21,22)/t15-,17-/m0/s1. The van der Waals surface area contributed by atoms with Crippen molar-refractivity contribution < 1.29 is 14.7 Å². The van der Waals surface area contributed by atoms with Crippen molar-refractivity contribution in [2.45, 2.75) is 31.2 Å². The predicted molar refractivity (Wildman–Crippen MR) is 82.6 cm³/mol. The molecule has 22 heavy (non-hydrogen) atoms. The molecule has 118 valence electrons. The molecule has 1 amide bonds. The minimum Gasteiger partial charge on any atom is -0.480 e. The first-order chi connectivity index (χ1) is 10.5. The maximum absolute atomic E-state index is 12.0. The first kappa shape index (κ1) is 15.0. The van der Waals surface area contributed by atoms with Crippen molar-refractivity contribution in [3.63, 3.8) is 0 Å². The van der Waals surface area contributed by atoms with Crippen molar-refractivity contribution in [3.8, 4) is 0 Å². The van der Waals surface area contributed by atoms with Crippen molar-refractivity contribution in [3.05, 3.63) is 35.9 Å². The summed E-state index contributed by atoms with van der Waals surface area (Å²) in [5.74, 6) is -0.723. The average molecular weight is 302 g/mol. The topological polar surface area (TPSA) is 60.9 Å². The van der Waals surface area contributed by atoms with Crippen LogP contribution in [0.15, 0.2) is 30.3 Å². The highest BCUT2D eigenvalue weighted by Crippen LogP contribution is 2.45. The lowest BCUT2D eigenvalue weighted by Gasteiger charge is -2.46. The van der Waals surface area contributed by atoms with Crippen molar-refractivity contribution >= 4 is 11.9 Å². The molecule has 0 aromatic heterocycles. The third kappa shape index (κ3) is 2.50. The zero-order chi connectivity index (χ0) is 15.7. The van der Waals surface area contributed by atoms with E-state index >= 15 is 0 Å². The molecule has 0 spiro atoms. The van der Waals surface area contributed by atoms with Crippen LogP contribution in [0.5, 0.6) is 0 Å². The Labute approximate surface area is 130 Å². The number of carboxylic acids is 1. The summed E-state index contributed by atoms with van der Waals surface area (Å²) in [7, 11) is 0. The number of carbonyl (C=O) groups excluding carboxylic acids is 1. The Hall–Kier alpha value is -1.88. The van der Waals surface area contributed by atoms with E-state index in [9.17, 15) is 9.59 Å². The molecule has 5 heteroatoms. The molecule has 1 aromatic carbocycles. The molecule has 0 unspecified atom stereocenters. The van der Waals surface area contributed by atoms with Crippen LogP contribution in [0.1, 0.15) is 25.3 Å². The van der Waals surface area contributed by atoms with Crippen LogP contribution in [0.4, 0.5) is 0 Å². The number of hydrogen-bond donors (Lipinski definition) is 1. The second kappa shape index (κ2) is 5.72. The average Bonchev–Trinajstić information content (AvgIpc) is 2.88. The van der Waals surface area contributed by atoms with Crippen LogP contribution in [-0.4, -0.2) is 59.0 Å². The number of likely N-dealkylation sites (tertiary alicyclic amines) is 2. The second-order valence-corrected chi connectivity index (χ2v) is 6.38. The zero-order valence-corrected chi connectivity index (χ0v) is 12.9. The fourth-order valence-electron chi connectivity index (χ4n) is 4.16. The molecule has 2 aliphatic rings. The van der Waals surface area contributed by atoms with Gasteiger partial charge in [-0.3, -0.25) is 14.5 Å². The third-order valence-corrected chi connectivity index (χ3v) is 5.23. The van der Waals surface area contributed by atoms with Gasteiger partial charge >= 0.3 is 5.97 Å². The summed E-state index contributed by atoms with van der Waals surface area (Å²) in [4.78, 5) is 26.9. The van der Waals surface area contributed by atoms with Crippen LogP contribution in [0.2, 0.25) is 0 Å². The third-order valence-electron chi connectivity index (χ3n) is 5.23. The van der Waals surface area contributed by atoms with Crippen LogP contribution < -0.4 is 0 Å². The van der Waals surface area contributed by atoms with Gasteiger partial charge < -0.3 is 10.0 Å². The lowest BCUT2D eigenvalue weighted by Crippen LogP contribution is -2.57. The van der Waals surface area contributed by atoms with E-state index in [1.165, 1.54) is 5.56 Å². The summed E-state index contributed by atoms with van der Waals surface area (Å²) in [6.07, 6.45) is 1.86. The number of piperidine rings is 1. The van der Waals surface area contributed by atoms with Gasteiger partial charge in [0.15, 0.2) is 0 Å². The van der Waals surface area contributed by atoms with Gasteiger partial charge in [0, 0.05) is 25.4 Å². The van der Waals surface area contributed by atoms with Gasteiger partial charge in [-0.1, -0.05) is 30.3 Å². The van der Waals surface area contributed by atoms with E-state index < -0.39 is 5.97 Å². The van der Waals surface area contributed by atoms with E-state index in [1.54, 1.807) is 6.92 Å². The molecule has 1 N–H and O–H groups in total. The van der Waals surface area contributed by atoms with E-state index in [-0.39, 0.29) is 23.9 Å². The molecule has 2 aliphatic heterocycles. The minimum atomic E-state index is -0.806. The predicted octanol–water partition coefficient (Wildman–Crippen LogP) is 1.34. The van der Waals surface area contributed by atoms with E-state index in [0.717, 1.165) is 25.9 Å². The summed E-state index contributed by atoms with van der Waals surface area (Å²) >= 11 is 0. The molecule has 0 saturated carbocycles. The lowest BCUT2D eigenvalue weighted by molar-refractivity contribution is -0.139. The fraction of sp³-hybridized carbons (Fsp3) is 0.529. The summed E-state index contributed by atoms with van der Waals surface area (Å²) in [6.45, 7) is 3.82. The molecule has 5 nitrogen and oxygen atoms in total. The number of rotatable bonds is 3. The summed E-state index contributed by atoms with van der Waals surface area (Å²) < 4.78 is 0. The van der Waals surface area contributed by atoms with Crippen molar-refractivity contribution in [2.24, 2.45) is 0 Å². The van der Waals surface area contributed by atoms with Gasteiger partial charge in [0.2, 0.25) is 5.91 Å². The highest BCUT2D eigenvalue weighted by molar-refractivity contribution is 5.74. The van der Waals surface area contributed by atoms with Crippen LogP contribution >= 0.6 is 0 Å². The monoisotopic (exact) mass is 302 g/mol. The van der Waals surface area contributed by atoms with Crippen LogP contribution in [0.3, 0.4) is 0 Å². The fourth-order valence-corrected chi connectivity index (χ4v) is 4.16. The molecular weight excluding hydrogens is 280 g/mol.